The maximum Gasteiger partial charge on any atom is 0.279 e. The Morgan fingerprint density at radius 1 is 1.00 bits per heavy atom. The lowest BCUT2D eigenvalue weighted by molar-refractivity contribution is -0.386. The van der Waals surface area contributed by atoms with Crippen LogP contribution in [0.5, 0.6) is 11.5 Å². The Hall–Kier alpha value is -3.20. The Kier molecular flexibility index (Phi) is 5.50. The summed E-state index contributed by atoms with van der Waals surface area (Å²) in [7, 11) is 2.74. The zero-order chi connectivity index (χ0) is 18.6. The van der Waals surface area contributed by atoms with Crippen LogP contribution in [0.15, 0.2) is 36.4 Å². The van der Waals surface area contributed by atoms with Gasteiger partial charge in [-0.05, 0) is 11.6 Å². The molecule has 0 bridgehead atoms. The molecule has 0 radical (unpaired) electrons. The lowest BCUT2D eigenvalue weighted by Gasteiger charge is -2.15. The molecule has 0 aliphatic carbocycles. The van der Waals surface area contributed by atoms with Crippen LogP contribution in [0.2, 0.25) is 0 Å². The van der Waals surface area contributed by atoms with Crippen molar-refractivity contribution in [3.63, 3.8) is 0 Å². The molecule has 0 amide bonds. The standard InChI is InChI=1S/C16H16N2O7/c1-24-15-8-12(13(18(22)23)9-16(15)25-2)14(19)7-10-3-5-11(6-4-10)17(20)21/h3-6,8-9,14,19H,7H2,1-2H3. The molecule has 0 heterocycles. The van der Waals surface area contributed by atoms with Crippen LogP contribution in [-0.4, -0.2) is 29.2 Å². The maximum atomic E-state index is 11.3. The van der Waals surface area contributed by atoms with Crippen LogP contribution in [0.1, 0.15) is 17.2 Å². The van der Waals surface area contributed by atoms with E-state index < -0.39 is 16.0 Å². The molecule has 25 heavy (non-hydrogen) atoms. The number of nitrogens with zero attached hydrogens (tertiary/aromatic N) is 2. The van der Waals surface area contributed by atoms with E-state index in [1.807, 2.05) is 0 Å². The fraction of sp³-hybridized carbons (Fsp3) is 0.250. The van der Waals surface area contributed by atoms with Gasteiger partial charge in [-0.3, -0.25) is 20.2 Å². The van der Waals surface area contributed by atoms with Crippen molar-refractivity contribution < 1.29 is 24.4 Å². The highest BCUT2D eigenvalue weighted by Gasteiger charge is 2.25. The van der Waals surface area contributed by atoms with Gasteiger partial charge in [0.05, 0.1) is 41.8 Å². The van der Waals surface area contributed by atoms with Crippen LogP contribution in [-0.2, 0) is 6.42 Å². The third-order valence-corrected chi connectivity index (χ3v) is 3.66. The third-order valence-electron chi connectivity index (χ3n) is 3.66. The molecular weight excluding hydrogens is 332 g/mol. The number of benzene rings is 2. The van der Waals surface area contributed by atoms with Gasteiger partial charge in [-0.25, -0.2) is 0 Å². The molecule has 0 saturated heterocycles. The number of hydrogen-bond donors (Lipinski definition) is 1. The molecule has 2 aromatic carbocycles. The summed E-state index contributed by atoms with van der Waals surface area (Å²) in [4.78, 5) is 20.8. The van der Waals surface area contributed by atoms with Gasteiger partial charge in [0.1, 0.15) is 0 Å². The number of rotatable bonds is 7. The molecule has 0 aromatic heterocycles. The van der Waals surface area contributed by atoms with E-state index >= 15 is 0 Å². The Labute approximate surface area is 142 Å². The second-order valence-electron chi connectivity index (χ2n) is 5.17. The van der Waals surface area contributed by atoms with E-state index in [1.54, 1.807) is 0 Å². The van der Waals surface area contributed by atoms with Crippen LogP contribution in [0.4, 0.5) is 11.4 Å². The lowest BCUT2D eigenvalue weighted by Crippen LogP contribution is -2.07. The Morgan fingerprint density at radius 3 is 2.04 bits per heavy atom. The van der Waals surface area contributed by atoms with E-state index in [2.05, 4.69) is 0 Å². The molecule has 1 N–H and O–H groups in total. The molecule has 0 aliphatic heterocycles. The SMILES string of the molecule is COc1cc(C(O)Cc2ccc([N+](=O)[O-])cc2)c([N+](=O)[O-])cc1OC. The molecule has 2 rings (SSSR count). The van der Waals surface area contributed by atoms with Crippen molar-refractivity contribution in [3.8, 4) is 11.5 Å². The van der Waals surface area contributed by atoms with Gasteiger partial charge in [-0.2, -0.15) is 0 Å². The first kappa shape index (κ1) is 18.1. The van der Waals surface area contributed by atoms with Crippen molar-refractivity contribution in [1.82, 2.24) is 0 Å². The molecule has 0 aliphatic rings. The smallest absolute Gasteiger partial charge is 0.279 e. The number of nitro benzene ring substituents is 2. The largest absolute Gasteiger partial charge is 0.493 e. The highest BCUT2D eigenvalue weighted by Crippen LogP contribution is 2.38. The van der Waals surface area contributed by atoms with Gasteiger partial charge >= 0.3 is 0 Å². The highest BCUT2D eigenvalue weighted by molar-refractivity contribution is 5.55. The van der Waals surface area contributed by atoms with Crippen LogP contribution >= 0.6 is 0 Å². The Balaban J connectivity index is 2.35. The average Bonchev–Trinajstić information content (AvgIpc) is 2.60. The van der Waals surface area contributed by atoms with E-state index in [-0.39, 0.29) is 34.9 Å². The summed E-state index contributed by atoms with van der Waals surface area (Å²) in [6.07, 6.45) is -1.14. The molecular formula is C16H16N2O7. The van der Waals surface area contributed by atoms with Crippen molar-refractivity contribution in [2.24, 2.45) is 0 Å². The van der Waals surface area contributed by atoms with Gasteiger partial charge in [-0.1, -0.05) is 12.1 Å². The van der Waals surface area contributed by atoms with Crippen molar-refractivity contribution >= 4 is 11.4 Å². The number of ether oxygens (including phenoxy) is 2. The zero-order valence-electron chi connectivity index (χ0n) is 13.5. The van der Waals surface area contributed by atoms with Gasteiger partial charge in [0.25, 0.3) is 11.4 Å². The molecule has 9 nitrogen and oxygen atoms in total. The zero-order valence-corrected chi connectivity index (χ0v) is 13.5. The maximum absolute atomic E-state index is 11.3. The van der Waals surface area contributed by atoms with Crippen LogP contribution in [0, 0.1) is 20.2 Å². The van der Waals surface area contributed by atoms with Gasteiger partial charge in [-0.15, -0.1) is 0 Å². The van der Waals surface area contributed by atoms with E-state index in [1.165, 1.54) is 50.6 Å². The summed E-state index contributed by atoms with van der Waals surface area (Å²) in [5.41, 5.74) is 0.297. The second kappa shape index (κ2) is 7.58. The van der Waals surface area contributed by atoms with E-state index in [9.17, 15) is 25.3 Å². The molecule has 0 fully saturated rings. The predicted octanol–water partition coefficient (Wildman–Crippen LogP) is 2.80. The van der Waals surface area contributed by atoms with Crippen molar-refractivity contribution in [2.45, 2.75) is 12.5 Å². The van der Waals surface area contributed by atoms with E-state index in [0.29, 0.717) is 5.56 Å². The van der Waals surface area contributed by atoms with Crippen LogP contribution < -0.4 is 9.47 Å². The lowest BCUT2D eigenvalue weighted by atomic mass is 9.99. The minimum atomic E-state index is -1.19. The third kappa shape index (κ3) is 4.01. The van der Waals surface area contributed by atoms with Crippen molar-refractivity contribution in [1.29, 1.82) is 0 Å². The number of nitro groups is 2. The summed E-state index contributed by atoms with van der Waals surface area (Å²) in [5, 5.41) is 32.4. The van der Waals surface area contributed by atoms with E-state index in [0.717, 1.165) is 0 Å². The number of aliphatic hydroxyl groups is 1. The number of aliphatic hydroxyl groups excluding tert-OH is 1. The van der Waals surface area contributed by atoms with Gasteiger partial charge in [0.15, 0.2) is 11.5 Å². The first-order chi connectivity index (χ1) is 11.9. The first-order valence-corrected chi connectivity index (χ1v) is 7.19. The second-order valence-corrected chi connectivity index (χ2v) is 5.17. The average molecular weight is 348 g/mol. The molecule has 0 saturated carbocycles. The van der Waals surface area contributed by atoms with Crippen LogP contribution in [0.25, 0.3) is 0 Å². The molecule has 2 aromatic rings. The fourth-order valence-corrected chi connectivity index (χ4v) is 2.40. The van der Waals surface area contributed by atoms with Gasteiger partial charge < -0.3 is 14.6 Å². The van der Waals surface area contributed by atoms with Gasteiger partial charge in [0, 0.05) is 18.6 Å². The number of methoxy groups -OCH3 is 2. The fourth-order valence-electron chi connectivity index (χ4n) is 2.40. The molecule has 0 spiro atoms. The summed E-state index contributed by atoms with van der Waals surface area (Å²) < 4.78 is 10.2. The number of hydrogen-bond acceptors (Lipinski definition) is 7. The normalized spacial score (nSPS) is 11.6. The van der Waals surface area contributed by atoms with Gasteiger partial charge in [0.2, 0.25) is 0 Å². The summed E-state index contributed by atoms with van der Waals surface area (Å²) in [6.45, 7) is 0. The Bertz CT molecular complexity index is 790. The number of non-ortho nitro benzene ring substituents is 1. The molecule has 1 atom stereocenters. The predicted molar refractivity (Wildman–Crippen MR) is 88.0 cm³/mol. The molecule has 9 heteroatoms. The topological polar surface area (TPSA) is 125 Å². The first-order valence-electron chi connectivity index (χ1n) is 7.19. The summed E-state index contributed by atoms with van der Waals surface area (Å²) in [6, 6.07) is 8.15. The highest BCUT2D eigenvalue weighted by atomic mass is 16.6. The quantitative estimate of drug-likeness (QED) is 0.602. The van der Waals surface area contributed by atoms with Crippen LogP contribution in [0.3, 0.4) is 0 Å². The minimum Gasteiger partial charge on any atom is -0.493 e. The van der Waals surface area contributed by atoms with Crippen molar-refractivity contribution in [3.05, 3.63) is 67.8 Å². The Morgan fingerprint density at radius 2 is 1.56 bits per heavy atom. The monoisotopic (exact) mass is 348 g/mol. The molecule has 1 unspecified atom stereocenters. The minimum absolute atomic E-state index is 0.0499. The van der Waals surface area contributed by atoms with Crippen molar-refractivity contribution in [2.75, 3.05) is 14.2 Å². The summed E-state index contributed by atoms with van der Waals surface area (Å²) in [5.74, 6) is 0.436. The summed E-state index contributed by atoms with van der Waals surface area (Å²) >= 11 is 0. The van der Waals surface area contributed by atoms with E-state index in [4.69, 9.17) is 9.47 Å². The molecule has 132 valence electrons.